The summed E-state index contributed by atoms with van der Waals surface area (Å²) in [4.78, 5) is 14.8. The van der Waals surface area contributed by atoms with Gasteiger partial charge in [-0.2, -0.15) is 0 Å². The standard InChI is InChI=1S/C22H20ClN5O3S2/c23-18-15(2-1-3-16(18)28-33(29)14-7-11-31-12-14)19-20(17-4-8-25-22(24)26-17)32-21(27-19)13-5-9-30-10-6-13/h1-4,7-8,11-13,28H,5-6,9-10H2,(H2,24,25,26). The first-order chi connectivity index (χ1) is 16.1. The molecule has 1 aliphatic rings. The summed E-state index contributed by atoms with van der Waals surface area (Å²) in [5.41, 5.74) is 8.50. The first kappa shape index (κ1) is 22.0. The van der Waals surface area contributed by atoms with E-state index in [1.54, 1.807) is 29.7 Å². The van der Waals surface area contributed by atoms with E-state index in [0.717, 1.165) is 35.9 Å². The van der Waals surface area contributed by atoms with Crippen molar-refractivity contribution in [3.63, 3.8) is 0 Å². The Hall–Kier alpha value is -2.79. The van der Waals surface area contributed by atoms with Crippen LogP contribution in [-0.4, -0.2) is 32.4 Å². The SMILES string of the molecule is Nc1nccc(-c2sc(C3CCOCC3)nc2-c2cccc(NS(=O)c3ccoc3)c2Cl)n1. The molecule has 4 aromatic rings. The Bertz CT molecular complexity index is 1290. The van der Waals surface area contributed by atoms with E-state index in [-0.39, 0.29) is 5.95 Å². The summed E-state index contributed by atoms with van der Waals surface area (Å²) in [7, 11) is -1.52. The van der Waals surface area contributed by atoms with E-state index in [2.05, 4.69) is 14.7 Å². The molecular weight excluding hydrogens is 482 g/mol. The fourth-order valence-electron chi connectivity index (χ4n) is 3.62. The first-order valence-electron chi connectivity index (χ1n) is 10.3. The average molecular weight is 502 g/mol. The number of anilines is 2. The molecule has 0 saturated carbocycles. The van der Waals surface area contributed by atoms with Crippen molar-refractivity contribution in [2.75, 3.05) is 23.7 Å². The topological polar surface area (TPSA) is 116 Å². The number of hydrogen-bond acceptors (Lipinski definition) is 8. The van der Waals surface area contributed by atoms with Crippen molar-refractivity contribution in [2.45, 2.75) is 23.7 Å². The molecule has 0 radical (unpaired) electrons. The average Bonchev–Trinajstić information content (AvgIpc) is 3.52. The zero-order valence-electron chi connectivity index (χ0n) is 17.4. The number of ether oxygens (including phenoxy) is 1. The lowest BCUT2D eigenvalue weighted by molar-refractivity contribution is 0.0853. The van der Waals surface area contributed by atoms with Gasteiger partial charge in [0.2, 0.25) is 5.95 Å². The molecule has 1 aliphatic heterocycles. The van der Waals surface area contributed by atoms with E-state index in [1.807, 2.05) is 18.2 Å². The lowest BCUT2D eigenvalue weighted by atomic mass is 10.0. The van der Waals surface area contributed by atoms with Gasteiger partial charge in [-0.25, -0.2) is 19.2 Å². The van der Waals surface area contributed by atoms with Crippen LogP contribution in [0.15, 0.2) is 58.4 Å². The predicted molar refractivity (Wildman–Crippen MR) is 130 cm³/mol. The molecule has 1 atom stereocenters. The molecule has 33 heavy (non-hydrogen) atoms. The number of thiazole rings is 1. The van der Waals surface area contributed by atoms with Crippen LogP contribution in [0.5, 0.6) is 0 Å². The molecule has 1 unspecified atom stereocenters. The normalized spacial score (nSPS) is 15.4. The van der Waals surface area contributed by atoms with E-state index in [0.29, 0.717) is 38.5 Å². The molecule has 0 amide bonds. The molecule has 1 aromatic carbocycles. The first-order valence-corrected chi connectivity index (χ1v) is 12.6. The van der Waals surface area contributed by atoms with E-state index < -0.39 is 11.0 Å². The van der Waals surface area contributed by atoms with Crippen LogP contribution in [-0.2, 0) is 15.7 Å². The molecule has 0 spiro atoms. The Morgan fingerprint density at radius 1 is 1.18 bits per heavy atom. The van der Waals surface area contributed by atoms with Gasteiger partial charge >= 0.3 is 0 Å². The Morgan fingerprint density at radius 3 is 2.79 bits per heavy atom. The molecule has 4 heterocycles. The molecule has 3 N–H and O–H groups in total. The fourth-order valence-corrected chi connectivity index (χ4v) is 5.97. The number of nitrogens with one attached hydrogen (secondary N) is 1. The largest absolute Gasteiger partial charge is 0.471 e. The molecule has 5 rings (SSSR count). The van der Waals surface area contributed by atoms with Crippen LogP contribution >= 0.6 is 22.9 Å². The maximum atomic E-state index is 12.6. The van der Waals surface area contributed by atoms with Crippen molar-refractivity contribution in [1.29, 1.82) is 0 Å². The second-order valence-electron chi connectivity index (χ2n) is 7.41. The summed E-state index contributed by atoms with van der Waals surface area (Å²) in [5, 5.41) is 1.43. The van der Waals surface area contributed by atoms with Gasteiger partial charge in [0.1, 0.15) is 6.26 Å². The summed E-state index contributed by atoms with van der Waals surface area (Å²) in [6, 6.07) is 8.97. The van der Waals surface area contributed by atoms with Gasteiger partial charge in [-0.15, -0.1) is 11.3 Å². The molecule has 1 saturated heterocycles. The minimum absolute atomic E-state index is 0.191. The Labute approximate surface area is 201 Å². The summed E-state index contributed by atoms with van der Waals surface area (Å²) >= 11 is 8.39. The minimum Gasteiger partial charge on any atom is -0.471 e. The molecule has 170 valence electrons. The number of rotatable bonds is 6. The van der Waals surface area contributed by atoms with E-state index in [9.17, 15) is 4.21 Å². The van der Waals surface area contributed by atoms with Gasteiger partial charge in [-0.05, 0) is 31.0 Å². The van der Waals surface area contributed by atoms with Gasteiger partial charge in [0.25, 0.3) is 0 Å². The summed E-state index contributed by atoms with van der Waals surface area (Å²) in [6.07, 6.45) is 6.36. The highest BCUT2D eigenvalue weighted by molar-refractivity contribution is 7.86. The van der Waals surface area contributed by atoms with Gasteiger partial charge in [0.15, 0.2) is 11.0 Å². The third-order valence-electron chi connectivity index (χ3n) is 5.29. The number of furan rings is 1. The minimum atomic E-state index is -1.52. The number of hydrogen-bond donors (Lipinski definition) is 2. The maximum Gasteiger partial charge on any atom is 0.220 e. The van der Waals surface area contributed by atoms with Crippen LogP contribution in [0.3, 0.4) is 0 Å². The van der Waals surface area contributed by atoms with Gasteiger partial charge in [0, 0.05) is 30.9 Å². The summed E-state index contributed by atoms with van der Waals surface area (Å²) < 4.78 is 26.1. The Kier molecular flexibility index (Phi) is 6.41. The van der Waals surface area contributed by atoms with Crippen LogP contribution in [0.2, 0.25) is 5.02 Å². The zero-order valence-corrected chi connectivity index (χ0v) is 19.8. The van der Waals surface area contributed by atoms with Crippen molar-refractivity contribution in [3.8, 4) is 21.8 Å². The number of benzene rings is 1. The highest BCUT2D eigenvalue weighted by atomic mass is 35.5. The van der Waals surface area contributed by atoms with Crippen molar-refractivity contribution in [2.24, 2.45) is 0 Å². The van der Waals surface area contributed by atoms with Gasteiger partial charge in [-0.3, -0.25) is 4.72 Å². The maximum absolute atomic E-state index is 12.6. The summed E-state index contributed by atoms with van der Waals surface area (Å²) in [6.45, 7) is 1.44. The quantitative estimate of drug-likeness (QED) is 0.376. The summed E-state index contributed by atoms with van der Waals surface area (Å²) in [5.74, 6) is 0.501. The van der Waals surface area contributed by atoms with Gasteiger partial charge in [-0.1, -0.05) is 23.7 Å². The Balaban J connectivity index is 1.57. The number of halogens is 1. The van der Waals surface area contributed by atoms with Crippen LogP contribution < -0.4 is 10.5 Å². The lowest BCUT2D eigenvalue weighted by Gasteiger charge is -2.19. The van der Waals surface area contributed by atoms with Gasteiger partial charge in [0.05, 0.1) is 43.1 Å². The molecule has 11 heteroatoms. The van der Waals surface area contributed by atoms with Crippen molar-refractivity contribution in [3.05, 3.63) is 59.1 Å². The third kappa shape index (κ3) is 4.65. The number of aromatic nitrogens is 3. The van der Waals surface area contributed by atoms with Crippen molar-refractivity contribution < 1.29 is 13.4 Å². The molecule has 0 bridgehead atoms. The highest BCUT2D eigenvalue weighted by Crippen LogP contribution is 2.44. The van der Waals surface area contributed by atoms with E-state index in [1.165, 1.54) is 12.5 Å². The number of nitrogens with two attached hydrogens (primary N) is 1. The second kappa shape index (κ2) is 9.60. The smallest absolute Gasteiger partial charge is 0.220 e. The van der Waals surface area contributed by atoms with E-state index >= 15 is 0 Å². The predicted octanol–water partition coefficient (Wildman–Crippen LogP) is 5.12. The fraction of sp³-hybridized carbons (Fsp3) is 0.227. The molecule has 3 aromatic heterocycles. The number of nitrogens with zero attached hydrogens (tertiary/aromatic N) is 3. The van der Waals surface area contributed by atoms with Crippen LogP contribution in [0, 0.1) is 0 Å². The van der Waals surface area contributed by atoms with Crippen LogP contribution in [0.4, 0.5) is 11.6 Å². The third-order valence-corrected chi connectivity index (χ3v) is 8.00. The van der Waals surface area contributed by atoms with E-state index in [4.69, 9.17) is 31.5 Å². The monoisotopic (exact) mass is 501 g/mol. The number of nitrogen functional groups attached to an aromatic ring is 1. The van der Waals surface area contributed by atoms with Crippen LogP contribution in [0.25, 0.3) is 21.8 Å². The van der Waals surface area contributed by atoms with Crippen molar-refractivity contribution >= 4 is 45.6 Å². The van der Waals surface area contributed by atoms with Gasteiger partial charge < -0.3 is 14.9 Å². The molecular formula is C22H20ClN5O3S2. The molecule has 8 nitrogen and oxygen atoms in total. The molecule has 1 fully saturated rings. The second-order valence-corrected chi connectivity index (χ2v) is 10.0. The molecule has 0 aliphatic carbocycles. The lowest BCUT2D eigenvalue weighted by Crippen LogP contribution is -2.13. The Morgan fingerprint density at radius 2 is 2.03 bits per heavy atom. The van der Waals surface area contributed by atoms with Crippen molar-refractivity contribution in [1.82, 2.24) is 15.0 Å². The zero-order chi connectivity index (χ0) is 22.8. The highest BCUT2D eigenvalue weighted by Gasteiger charge is 2.25. The van der Waals surface area contributed by atoms with Crippen LogP contribution in [0.1, 0.15) is 23.8 Å².